The number of nitrogens with one attached hydrogen (secondary N) is 1. The van der Waals surface area contributed by atoms with E-state index in [1.165, 1.54) is 0 Å². The minimum absolute atomic E-state index is 0.00834. The quantitative estimate of drug-likeness (QED) is 0.824. The number of nitrogens with zero attached hydrogens (tertiary/aromatic N) is 1. The van der Waals surface area contributed by atoms with Crippen molar-refractivity contribution in [2.75, 3.05) is 25.0 Å². The van der Waals surface area contributed by atoms with Gasteiger partial charge in [0.05, 0.1) is 12.2 Å². The third-order valence-corrected chi connectivity index (χ3v) is 4.44. The van der Waals surface area contributed by atoms with Gasteiger partial charge in [-0.2, -0.15) is 0 Å². The van der Waals surface area contributed by atoms with Crippen LogP contribution in [-0.4, -0.2) is 42.4 Å². The zero-order valence-corrected chi connectivity index (χ0v) is 15.2. The fraction of sp³-hybridized carbons (Fsp3) is 0.286. The second-order valence-electron chi connectivity index (χ2n) is 6.33. The highest BCUT2D eigenvalue weighted by atomic mass is 16.5. The number of hydrogen-bond acceptors (Lipinski definition) is 4. The molecule has 140 valence electrons. The summed E-state index contributed by atoms with van der Waals surface area (Å²) in [5.41, 5.74) is 2.06. The Morgan fingerprint density at radius 3 is 2.04 bits per heavy atom. The Hall–Kier alpha value is -3.15. The fourth-order valence-electron chi connectivity index (χ4n) is 2.97. The van der Waals surface area contributed by atoms with Crippen LogP contribution in [0.4, 0.5) is 5.69 Å². The van der Waals surface area contributed by atoms with E-state index in [9.17, 15) is 14.4 Å². The lowest BCUT2D eigenvalue weighted by molar-refractivity contribution is 0.0526. The Balaban J connectivity index is 1.62. The van der Waals surface area contributed by atoms with Gasteiger partial charge in [0, 0.05) is 29.9 Å². The molecule has 1 fully saturated rings. The molecular formula is C21H22N2O4. The number of amides is 2. The van der Waals surface area contributed by atoms with E-state index < -0.39 is 5.97 Å². The minimum atomic E-state index is -0.395. The molecule has 0 aliphatic carbocycles. The van der Waals surface area contributed by atoms with Gasteiger partial charge in [0.1, 0.15) is 0 Å². The molecule has 1 saturated heterocycles. The molecule has 27 heavy (non-hydrogen) atoms. The Kier molecular flexibility index (Phi) is 5.86. The average molecular weight is 366 g/mol. The summed E-state index contributed by atoms with van der Waals surface area (Å²) in [6.45, 7) is 3.65. The van der Waals surface area contributed by atoms with Crippen molar-refractivity contribution in [3.8, 4) is 0 Å². The van der Waals surface area contributed by atoms with Crippen molar-refractivity contribution in [3.05, 3.63) is 65.2 Å². The third-order valence-electron chi connectivity index (χ3n) is 4.44. The van der Waals surface area contributed by atoms with Crippen LogP contribution in [0, 0.1) is 0 Å². The molecule has 1 aliphatic heterocycles. The molecule has 0 unspecified atom stereocenters. The van der Waals surface area contributed by atoms with Crippen molar-refractivity contribution >= 4 is 23.5 Å². The first kappa shape index (κ1) is 18.6. The Labute approximate surface area is 158 Å². The molecule has 1 aliphatic rings. The second kappa shape index (κ2) is 8.49. The maximum Gasteiger partial charge on any atom is 0.338 e. The summed E-state index contributed by atoms with van der Waals surface area (Å²) < 4.78 is 4.93. The molecule has 1 heterocycles. The average Bonchev–Trinajstić information content (AvgIpc) is 3.23. The standard InChI is InChI=1S/C21H22N2O4/c1-2-27-21(26)17-9-11-18(12-10-17)22-19(24)15-5-7-16(8-6-15)20(25)23-13-3-4-14-23/h5-12H,2-4,13-14H2,1H3,(H,22,24). The molecule has 0 radical (unpaired) electrons. The van der Waals surface area contributed by atoms with Crippen molar-refractivity contribution < 1.29 is 19.1 Å². The van der Waals surface area contributed by atoms with Crippen LogP contribution >= 0.6 is 0 Å². The Bertz CT molecular complexity index is 822. The van der Waals surface area contributed by atoms with Crippen molar-refractivity contribution in [2.45, 2.75) is 19.8 Å². The van der Waals surface area contributed by atoms with Gasteiger partial charge in [-0.05, 0) is 68.3 Å². The number of rotatable bonds is 5. The predicted molar refractivity (Wildman–Crippen MR) is 102 cm³/mol. The number of carbonyl (C=O) groups excluding carboxylic acids is 3. The molecular weight excluding hydrogens is 344 g/mol. The van der Waals surface area contributed by atoms with Gasteiger partial charge < -0.3 is 15.0 Å². The van der Waals surface area contributed by atoms with Gasteiger partial charge in [-0.3, -0.25) is 9.59 Å². The summed E-state index contributed by atoms with van der Waals surface area (Å²) in [7, 11) is 0. The van der Waals surface area contributed by atoms with E-state index >= 15 is 0 Å². The number of ether oxygens (including phenoxy) is 1. The highest BCUT2D eigenvalue weighted by Gasteiger charge is 2.19. The maximum atomic E-state index is 12.4. The third kappa shape index (κ3) is 4.53. The van der Waals surface area contributed by atoms with Crippen LogP contribution in [-0.2, 0) is 4.74 Å². The first-order valence-corrected chi connectivity index (χ1v) is 9.06. The largest absolute Gasteiger partial charge is 0.462 e. The van der Waals surface area contributed by atoms with Crippen LogP contribution in [0.1, 0.15) is 50.8 Å². The number of anilines is 1. The van der Waals surface area contributed by atoms with E-state index in [0.29, 0.717) is 29.0 Å². The molecule has 3 rings (SSSR count). The Morgan fingerprint density at radius 1 is 0.889 bits per heavy atom. The lowest BCUT2D eigenvalue weighted by Gasteiger charge is -2.15. The summed E-state index contributed by atoms with van der Waals surface area (Å²) in [6.07, 6.45) is 2.09. The van der Waals surface area contributed by atoms with Gasteiger partial charge >= 0.3 is 5.97 Å². The summed E-state index contributed by atoms with van der Waals surface area (Å²) in [5.74, 6) is -0.665. The van der Waals surface area contributed by atoms with Crippen LogP contribution in [0.2, 0.25) is 0 Å². The molecule has 2 amide bonds. The summed E-state index contributed by atoms with van der Waals surface area (Å²) in [4.78, 5) is 38.2. The number of esters is 1. The van der Waals surface area contributed by atoms with Crippen molar-refractivity contribution in [3.63, 3.8) is 0 Å². The topological polar surface area (TPSA) is 75.7 Å². The fourth-order valence-corrected chi connectivity index (χ4v) is 2.97. The van der Waals surface area contributed by atoms with Crippen LogP contribution in [0.3, 0.4) is 0 Å². The summed E-state index contributed by atoms with van der Waals surface area (Å²) >= 11 is 0. The van der Waals surface area contributed by atoms with Gasteiger partial charge in [-0.25, -0.2) is 4.79 Å². The van der Waals surface area contributed by atoms with Crippen LogP contribution in [0.15, 0.2) is 48.5 Å². The SMILES string of the molecule is CCOC(=O)c1ccc(NC(=O)c2ccc(C(=O)N3CCCC3)cc2)cc1. The molecule has 0 bridgehead atoms. The van der Waals surface area contributed by atoms with E-state index in [1.54, 1.807) is 55.5 Å². The molecule has 1 N–H and O–H groups in total. The van der Waals surface area contributed by atoms with Crippen molar-refractivity contribution in [2.24, 2.45) is 0 Å². The molecule has 0 atom stereocenters. The maximum absolute atomic E-state index is 12.4. The Morgan fingerprint density at radius 2 is 1.44 bits per heavy atom. The van der Waals surface area contributed by atoms with Gasteiger partial charge in [0.2, 0.25) is 0 Å². The van der Waals surface area contributed by atoms with Crippen molar-refractivity contribution in [1.82, 2.24) is 4.90 Å². The van der Waals surface area contributed by atoms with E-state index in [4.69, 9.17) is 4.74 Å². The number of likely N-dealkylation sites (tertiary alicyclic amines) is 1. The second-order valence-corrected chi connectivity index (χ2v) is 6.33. The molecule has 2 aromatic carbocycles. The highest BCUT2D eigenvalue weighted by molar-refractivity contribution is 6.05. The normalized spacial score (nSPS) is 13.3. The van der Waals surface area contributed by atoms with Crippen LogP contribution < -0.4 is 5.32 Å². The zero-order chi connectivity index (χ0) is 19.2. The monoisotopic (exact) mass is 366 g/mol. The lowest BCUT2D eigenvalue weighted by Crippen LogP contribution is -2.27. The molecule has 6 nitrogen and oxygen atoms in total. The van der Waals surface area contributed by atoms with Gasteiger partial charge in [-0.1, -0.05) is 0 Å². The van der Waals surface area contributed by atoms with E-state index in [-0.39, 0.29) is 11.8 Å². The zero-order valence-electron chi connectivity index (χ0n) is 15.2. The number of carbonyl (C=O) groups is 3. The van der Waals surface area contributed by atoms with Gasteiger partial charge in [-0.15, -0.1) is 0 Å². The van der Waals surface area contributed by atoms with Crippen LogP contribution in [0.25, 0.3) is 0 Å². The highest BCUT2D eigenvalue weighted by Crippen LogP contribution is 2.15. The lowest BCUT2D eigenvalue weighted by atomic mass is 10.1. The van der Waals surface area contributed by atoms with E-state index in [0.717, 1.165) is 25.9 Å². The summed E-state index contributed by atoms with van der Waals surface area (Å²) in [5, 5.41) is 2.77. The van der Waals surface area contributed by atoms with Gasteiger partial charge in [0.25, 0.3) is 11.8 Å². The first-order chi connectivity index (χ1) is 13.1. The number of benzene rings is 2. The molecule has 6 heteroatoms. The number of hydrogen-bond donors (Lipinski definition) is 1. The molecule has 2 aromatic rings. The smallest absolute Gasteiger partial charge is 0.338 e. The van der Waals surface area contributed by atoms with E-state index in [1.807, 2.05) is 4.90 Å². The summed E-state index contributed by atoms with van der Waals surface area (Å²) in [6, 6.07) is 13.2. The van der Waals surface area contributed by atoms with Crippen LogP contribution in [0.5, 0.6) is 0 Å². The minimum Gasteiger partial charge on any atom is -0.462 e. The molecule has 0 aromatic heterocycles. The molecule has 0 spiro atoms. The van der Waals surface area contributed by atoms with Crippen molar-refractivity contribution in [1.29, 1.82) is 0 Å². The molecule has 0 saturated carbocycles. The van der Waals surface area contributed by atoms with Gasteiger partial charge in [0.15, 0.2) is 0 Å². The first-order valence-electron chi connectivity index (χ1n) is 9.06. The van der Waals surface area contributed by atoms with E-state index in [2.05, 4.69) is 5.32 Å². The predicted octanol–water partition coefficient (Wildman–Crippen LogP) is 3.35.